The average Bonchev–Trinajstić information content (AvgIpc) is 2.03. The summed E-state index contributed by atoms with van der Waals surface area (Å²) in [5, 5.41) is 9.44. The van der Waals surface area contributed by atoms with Crippen LogP contribution in [0.1, 0.15) is 47.0 Å². The maximum Gasteiger partial charge on any atom is 0.115 e. The van der Waals surface area contributed by atoms with Crippen LogP contribution in [0.4, 0.5) is 0 Å². The van der Waals surface area contributed by atoms with Crippen LogP contribution in [0.15, 0.2) is 11.6 Å². The molecule has 0 saturated heterocycles. The summed E-state index contributed by atoms with van der Waals surface area (Å²) < 4.78 is 0. The monoisotopic (exact) mass is 194 g/mol. The molecule has 1 heteroatoms. The van der Waals surface area contributed by atoms with Crippen molar-refractivity contribution >= 4 is 0 Å². The molecular weight excluding hydrogens is 172 g/mol. The fraction of sp³-hybridized carbons (Fsp3) is 0.692. The largest absolute Gasteiger partial charge is 0.380 e. The molecule has 0 aliphatic rings. The van der Waals surface area contributed by atoms with Crippen LogP contribution in [0.5, 0.6) is 0 Å². The van der Waals surface area contributed by atoms with E-state index < -0.39 is 6.10 Å². The van der Waals surface area contributed by atoms with Crippen molar-refractivity contribution in [2.45, 2.75) is 53.1 Å². The zero-order valence-corrected chi connectivity index (χ0v) is 9.80. The minimum Gasteiger partial charge on any atom is -0.380 e. The number of aliphatic hydroxyl groups excluding tert-OH is 1. The molecule has 2 atom stereocenters. The molecule has 80 valence electrons. The van der Waals surface area contributed by atoms with E-state index in [1.807, 2.05) is 0 Å². The van der Waals surface area contributed by atoms with Crippen LogP contribution in [0.2, 0.25) is 0 Å². The molecule has 0 aromatic heterocycles. The Balaban J connectivity index is 3.68. The molecule has 0 spiro atoms. The summed E-state index contributed by atoms with van der Waals surface area (Å²) >= 11 is 0. The van der Waals surface area contributed by atoms with E-state index in [0.29, 0.717) is 5.92 Å². The maximum atomic E-state index is 9.44. The molecule has 0 fully saturated rings. The molecular formula is C13H22O. The van der Waals surface area contributed by atoms with Crippen molar-refractivity contribution in [3.05, 3.63) is 11.6 Å². The van der Waals surface area contributed by atoms with Crippen molar-refractivity contribution < 1.29 is 5.11 Å². The molecule has 0 amide bonds. The lowest BCUT2D eigenvalue weighted by Crippen LogP contribution is -2.09. The van der Waals surface area contributed by atoms with Gasteiger partial charge in [-0.05, 0) is 46.0 Å². The predicted molar refractivity (Wildman–Crippen MR) is 61.9 cm³/mol. The molecule has 0 unspecified atom stereocenters. The normalized spacial score (nSPS) is 13.8. The average molecular weight is 194 g/mol. The smallest absolute Gasteiger partial charge is 0.115 e. The lowest BCUT2D eigenvalue weighted by molar-refractivity contribution is 0.197. The van der Waals surface area contributed by atoms with E-state index in [0.717, 1.165) is 19.3 Å². The Morgan fingerprint density at radius 3 is 2.57 bits per heavy atom. The Kier molecular flexibility index (Phi) is 7.24. The van der Waals surface area contributed by atoms with Crippen molar-refractivity contribution in [3.63, 3.8) is 0 Å². The fourth-order valence-corrected chi connectivity index (χ4v) is 1.38. The standard InChI is InChI=1S/C13H22O/c1-5-7-13(14)10-12(4)9-6-8-11(2)3/h8,12-14H,6,9-10H2,1-4H3/t12-,13-/m1/s1. The number of allylic oxidation sites excluding steroid dienone is 2. The lowest BCUT2D eigenvalue weighted by atomic mass is 9.98. The molecule has 0 saturated carbocycles. The predicted octanol–water partition coefficient (Wildman–Crippen LogP) is 3.14. The van der Waals surface area contributed by atoms with Gasteiger partial charge in [-0.15, -0.1) is 5.92 Å². The van der Waals surface area contributed by atoms with Gasteiger partial charge < -0.3 is 5.11 Å². The van der Waals surface area contributed by atoms with Gasteiger partial charge in [0.15, 0.2) is 0 Å². The zero-order valence-electron chi connectivity index (χ0n) is 9.80. The minimum absolute atomic E-state index is 0.443. The second-order valence-electron chi connectivity index (χ2n) is 4.11. The summed E-state index contributed by atoms with van der Waals surface area (Å²) in [7, 11) is 0. The van der Waals surface area contributed by atoms with Crippen LogP contribution in [-0.2, 0) is 0 Å². The van der Waals surface area contributed by atoms with E-state index in [4.69, 9.17) is 0 Å². The van der Waals surface area contributed by atoms with Gasteiger partial charge in [-0.3, -0.25) is 0 Å². The summed E-state index contributed by atoms with van der Waals surface area (Å²) in [6, 6.07) is 0. The topological polar surface area (TPSA) is 20.2 Å². The molecule has 0 radical (unpaired) electrons. The molecule has 14 heavy (non-hydrogen) atoms. The van der Waals surface area contributed by atoms with Crippen molar-refractivity contribution in [2.24, 2.45) is 5.92 Å². The number of hydrogen-bond donors (Lipinski definition) is 1. The van der Waals surface area contributed by atoms with Crippen LogP contribution in [-0.4, -0.2) is 11.2 Å². The van der Waals surface area contributed by atoms with Crippen LogP contribution >= 0.6 is 0 Å². The zero-order chi connectivity index (χ0) is 11.0. The molecule has 0 aliphatic heterocycles. The first kappa shape index (κ1) is 13.3. The third kappa shape index (κ3) is 7.89. The Morgan fingerprint density at radius 1 is 1.43 bits per heavy atom. The van der Waals surface area contributed by atoms with Crippen LogP contribution in [0, 0.1) is 17.8 Å². The second kappa shape index (κ2) is 7.64. The SMILES string of the molecule is CC#C[C@@H](O)C[C@H](C)CCC=C(C)C. The first-order chi connectivity index (χ1) is 6.56. The number of aliphatic hydroxyl groups is 1. The van der Waals surface area contributed by atoms with Gasteiger partial charge in [0, 0.05) is 0 Å². The van der Waals surface area contributed by atoms with Gasteiger partial charge in [0.2, 0.25) is 0 Å². The first-order valence-corrected chi connectivity index (χ1v) is 5.30. The molecule has 0 rings (SSSR count). The van der Waals surface area contributed by atoms with E-state index in [-0.39, 0.29) is 0 Å². The number of rotatable bonds is 5. The lowest BCUT2D eigenvalue weighted by Gasteiger charge is -2.11. The molecule has 1 nitrogen and oxygen atoms in total. The van der Waals surface area contributed by atoms with E-state index >= 15 is 0 Å². The van der Waals surface area contributed by atoms with Gasteiger partial charge in [-0.2, -0.15) is 0 Å². The van der Waals surface area contributed by atoms with Gasteiger partial charge >= 0.3 is 0 Å². The Labute approximate surface area is 88.2 Å². The Bertz CT molecular complexity index is 225. The maximum absolute atomic E-state index is 9.44. The summed E-state index contributed by atoms with van der Waals surface area (Å²) in [5.74, 6) is 6.04. The molecule has 1 N–H and O–H groups in total. The molecule has 0 heterocycles. The number of hydrogen-bond acceptors (Lipinski definition) is 1. The van der Waals surface area contributed by atoms with Gasteiger partial charge in [-0.25, -0.2) is 0 Å². The first-order valence-electron chi connectivity index (χ1n) is 5.30. The summed E-state index contributed by atoms with van der Waals surface area (Å²) in [5.41, 5.74) is 1.37. The van der Waals surface area contributed by atoms with Crippen molar-refractivity contribution in [3.8, 4) is 11.8 Å². The van der Waals surface area contributed by atoms with E-state index in [9.17, 15) is 5.11 Å². The quantitative estimate of drug-likeness (QED) is 0.526. The van der Waals surface area contributed by atoms with Gasteiger partial charge in [-0.1, -0.05) is 24.5 Å². The highest BCUT2D eigenvalue weighted by atomic mass is 16.3. The van der Waals surface area contributed by atoms with Gasteiger partial charge in [0.1, 0.15) is 6.10 Å². The highest BCUT2D eigenvalue weighted by molar-refractivity contribution is 5.02. The molecule has 0 bridgehead atoms. The summed E-state index contributed by atoms with van der Waals surface area (Å²) in [4.78, 5) is 0. The van der Waals surface area contributed by atoms with Crippen molar-refractivity contribution in [1.29, 1.82) is 0 Å². The Hall–Kier alpha value is -0.740. The Morgan fingerprint density at radius 2 is 2.07 bits per heavy atom. The summed E-state index contributed by atoms with van der Waals surface area (Å²) in [6.07, 6.45) is 4.83. The van der Waals surface area contributed by atoms with Gasteiger partial charge in [0.25, 0.3) is 0 Å². The van der Waals surface area contributed by atoms with Crippen LogP contribution < -0.4 is 0 Å². The van der Waals surface area contributed by atoms with Gasteiger partial charge in [0.05, 0.1) is 0 Å². The summed E-state index contributed by atoms with van der Waals surface area (Å²) in [6.45, 7) is 8.15. The van der Waals surface area contributed by atoms with E-state index in [1.54, 1.807) is 6.92 Å². The van der Waals surface area contributed by atoms with E-state index in [2.05, 4.69) is 38.7 Å². The van der Waals surface area contributed by atoms with Crippen LogP contribution in [0.3, 0.4) is 0 Å². The van der Waals surface area contributed by atoms with Crippen LogP contribution in [0.25, 0.3) is 0 Å². The van der Waals surface area contributed by atoms with Crippen molar-refractivity contribution in [2.75, 3.05) is 0 Å². The van der Waals surface area contributed by atoms with E-state index in [1.165, 1.54) is 5.57 Å². The minimum atomic E-state index is -0.443. The molecule has 0 aromatic rings. The third-order valence-corrected chi connectivity index (χ3v) is 2.15. The fourth-order valence-electron chi connectivity index (χ4n) is 1.38. The highest BCUT2D eigenvalue weighted by Gasteiger charge is 2.06. The second-order valence-corrected chi connectivity index (χ2v) is 4.11. The molecule has 0 aliphatic carbocycles. The highest BCUT2D eigenvalue weighted by Crippen LogP contribution is 2.13. The van der Waals surface area contributed by atoms with Crippen molar-refractivity contribution in [1.82, 2.24) is 0 Å². The molecule has 0 aromatic carbocycles. The third-order valence-electron chi connectivity index (χ3n) is 2.15.